The highest BCUT2D eigenvalue weighted by molar-refractivity contribution is 9.10. The van der Waals surface area contributed by atoms with Crippen molar-refractivity contribution in [3.8, 4) is 0 Å². The van der Waals surface area contributed by atoms with Crippen molar-refractivity contribution < 1.29 is 5.11 Å². The van der Waals surface area contributed by atoms with Gasteiger partial charge in [0.05, 0.1) is 11.8 Å². The maximum absolute atomic E-state index is 9.65. The maximum atomic E-state index is 9.65. The van der Waals surface area contributed by atoms with Gasteiger partial charge < -0.3 is 5.11 Å². The van der Waals surface area contributed by atoms with Crippen LogP contribution in [0, 0.1) is 5.92 Å². The van der Waals surface area contributed by atoms with Crippen LogP contribution in [0.4, 0.5) is 0 Å². The number of piperidine rings is 1. The number of aromatic nitrogens is 1. The molecule has 1 aliphatic rings. The molecule has 0 aliphatic carbocycles. The Morgan fingerprint density at radius 1 is 1.56 bits per heavy atom. The van der Waals surface area contributed by atoms with E-state index in [9.17, 15) is 5.11 Å². The first-order chi connectivity index (χ1) is 7.65. The summed E-state index contributed by atoms with van der Waals surface area (Å²) in [5.74, 6) is 0.365. The second-order valence-electron chi connectivity index (χ2n) is 4.54. The number of aliphatic hydroxyl groups excluding tert-OH is 1. The van der Waals surface area contributed by atoms with Crippen molar-refractivity contribution in [3.05, 3.63) is 28.5 Å². The van der Waals surface area contributed by atoms with Crippen LogP contribution in [0.2, 0.25) is 0 Å². The molecule has 1 fully saturated rings. The van der Waals surface area contributed by atoms with E-state index < -0.39 is 0 Å². The van der Waals surface area contributed by atoms with E-state index in [0.717, 1.165) is 36.2 Å². The molecule has 1 aromatic heterocycles. The molecule has 88 valence electrons. The minimum Gasteiger partial charge on any atom is -0.393 e. The molecule has 2 rings (SSSR count). The van der Waals surface area contributed by atoms with E-state index in [1.165, 1.54) is 0 Å². The fraction of sp³-hybridized carbons (Fsp3) is 0.583. The van der Waals surface area contributed by atoms with Crippen molar-refractivity contribution in [2.45, 2.75) is 26.0 Å². The van der Waals surface area contributed by atoms with Crippen LogP contribution in [0.25, 0.3) is 0 Å². The molecular weight excluding hydrogens is 268 g/mol. The van der Waals surface area contributed by atoms with Crippen molar-refractivity contribution in [3.63, 3.8) is 0 Å². The van der Waals surface area contributed by atoms with Crippen molar-refractivity contribution in [2.75, 3.05) is 13.1 Å². The van der Waals surface area contributed by atoms with Gasteiger partial charge in [0.2, 0.25) is 0 Å². The molecule has 1 aliphatic heterocycles. The van der Waals surface area contributed by atoms with E-state index in [4.69, 9.17) is 0 Å². The summed E-state index contributed by atoms with van der Waals surface area (Å²) in [6.45, 7) is 4.90. The lowest BCUT2D eigenvalue weighted by molar-refractivity contribution is 0.0315. The summed E-state index contributed by atoms with van der Waals surface area (Å²) >= 11 is 3.38. The average molecular weight is 285 g/mol. The minimum absolute atomic E-state index is 0.130. The van der Waals surface area contributed by atoms with Crippen molar-refractivity contribution >= 4 is 15.9 Å². The van der Waals surface area contributed by atoms with Gasteiger partial charge in [-0.3, -0.25) is 9.88 Å². The molecule has 1 saturated heterocycles. The van der Waals surface area contributed by atoms with E-state index in [0.29, 0.717) is 5.92 Å². The van der Waals surface area contributed by atoms with Crippen LogP contribution in [0.5, 0.6) is 0 Å². The van der Waals surface area contributed by atoms with Gasteiger partial charge in [0.25, 0.3) is 0 Å². The zero-order valence-electron chi connectivity index (χ0n) is 9.43. The third-order valence-electron chi connectivity index (χ3n) is 3.12. The van der Waals surface area contributed by atoms with Crippen molar-refractivity contribution in [1.82, 2.24) is 9.88 Å². The first kappa shape index (κ1) is 12.0. The summed E-state index contributed by atoms with van der Waals surface area (Å²) in [6.07, 6.45) is 2.57. The molecule has 0 spiro atoms. The maximum Gasteiger partial charge on any atom is 0.0590 e. The fourth-order valence-corrected chi connectivity index (χ4v) is 2.33. The smallest absolute Gasteiger partial charge is 0.0590 e. The van der Waals surface area contributed by atoms with Gasteiger partial charge >= 0.3 is 0 Å². The lowest BCUT2D eigenvalue weighted by Crippen LogP contribution is -2.41. The number of nitrogens with zero attached hydrogens (tertiary/aromatic N) is 2. The van der Waals surface area contributed by atoms with Gasteiger partial charge in [0.1, 0.15) is 0 Å². The molecule has 0 amide bonds. The van der Waals surface area contributed by atoms with Gasteiger partial charge in [-0.05, 0) is 40.4 Å². The molecular formula is C12H17BrN2O. The van der Waals surface area contributed by atoms with Gasteiger partial charge in [0, 0.05) is 30.3 Å². The van der Waals surface area contributed by atoms with Gasteiger partial charge in [-0.2, -0.15) is 0 Å². The molecule has 1 aromatic rings. The zero-order chi connectivity index (χ0) is 11.5. The van der Waals surface area contributed by atoms with E-state index in [2.05, 4.69) is 32.7 Å². The highest BCUT2D eigenvalue weighted by Crippen LogP contribution is 2.18. The summed E-state index contributed by atoms with van der Waals surface area (Å²) in [5, 5.41) is 9.65. The SMILES string of the molecule is CC1CN(Cc2ccc(Br)cn2)CCC1O. The average Bonchev–Trinajstić information content (AvgIpc) is 2.27. The molecule has 2 unspecified atom stereocenters. The third kappa shape index (κ3) is 3.03. The molecule has 3 nitrogen and oxygen atoms in total. The number of aliphatic hydroxyl groups is 1. The van der Waals surface area contributed by atoms with Crippen molar-refractivity contribution in [2.24, 2.45) is 5.92 Å². The van der Waals surface area contributed by atoms with Gasteiger partial charge in [-0.15, -0.1) is 0 Å². The molecule has 1 N–H and O–H groups in total. The Labute approximate surface area is 105 Å². The van der Waals surface area contributed by atoms with Crippen LogP contribution in [-0.2, 0) is 6.54 Å². The van der Waals surface area contributed by atoms with Crippen LogP contribution >= 0.6 is 15.9 Å². The predicted octanol–water partition coefficient (Wildman–Crippen LogP) is 2.05. The second-order valence-corrected chi connectivity index (χ2v) is 5.45. The Bertz CT molecular complexity index is 341. The summed E-state index contributed by atoms with van der Waals surface area (Å²) in [5.41, 5.74) is 1.09. The zero-order valence-corrected chi connectivity index (χ0v) is 11.0. The summed E-state index contributed by atoms with van der Waals surface area (Å²) in [6, 6.07) is 4.06. The molecule has 0 saturated carbocycles. The lowest BCUT2D eigenvalue weighted by atomic mass is 9.97. The monoisotopic (exact) mass is 284 g/mol. The highest BCUT2D eigenvalue weighted by Gasteiger charge is 2.24. The first-order valence-corrected chi connectivity index (χ1v) is 6.45. The topological polar surface area (TPSA) is 36.4 Å². The van der Waals surface area contributed by atoms with E-state index in [-0.39, 0.29) is 6.10 Å². The van der Waals surface area contributed by atoms with Gasteiger partial charge in [0.15, 0.2) is 0 Å². The molecule has 0 bridgehead atoms. The Balaban J connectivity index is 1.93. The lowest BCUT2D eigenvalue weighted by Gasteiger charge is -2.34. The summed E-state index contributed by atoms with van der Waals surface area (Å²) in [4.78, 5) is 6.72. The molecule has 2 heterocycles. The number of halogens is 1. The predicted molar refractivity (Wildman–Crippen MR) is 67.0 cm³/mol. The molecule has 0 radical (unpaired) electrons. The van der Waals surface area contributed by atoms with Crippen molar-refractivity contribution in [1.29, 1.82) is 0 Å². The third-order valence-corrected chi connectivity index (χ3v) is 3.59. The van der Waals surface area contributed by atoms with Crippen LogP contribution in [0.1, 0.15) is 19.0 Å². The molecule has 4 heteroatoms. The Kier molecular flexibility index (Phi) is 3.95. The molecule has 16 heavy (non-hydrogen) atoms. The Hall–Kier alpha value is -0.450. The number of hydrogen-bond donors (Lipinski definition) is 1. The van der Waals surface area contributed by atoms with Gasteiger partial charge in [-0.1, -0.05) is 6.92 Å². The first-order valence-electron chi connectivity index (χ1n) is 5.66. The van der Waals surface area contributed by atoms with Crippen LogP contribution in [-0.4, -0.2) is 34.2 Å². The number of rotatable bonds is 2. The largest absolute Gasteiger partial charge is 0.393 e. The normalized spacial score (nSPS) is 26.9. The summed E-state index contributed by atoms with van der Waals surface area (Å²) in [7, 11) is 0. The van der Waals surface area contributed by atoms with Crippen LogP contribution in [0.3, 0.4) is 0 Å². The standard InChI is InChI=1S/C12H17BrN2O/c1-9-7-15(5-4-12(9)16)8-11-3-2-10(13)6-14-11/h2-3,6,9,12,16H,4-5,7-8H2,1H3. The number of likely N-dealkylation sites (tertiary alicyclic amines) is 1. The highest BCUT2D eigenvalue weighted by atomic mass is 79.9. The second kappa shape index (κ2) is 5.25. The molecule has 2 atom stereocenters. The Morgan fingerprint density at radius 3 is 3.00 bits per heavy atom. The molecule has 0 aromatic carbocycles. The van der Waals surface area contributed by atoms with Crippen LogP contribution < -0.4 is 0 Å². The Morgan fingerprint density at radius 2 is 2.38 bits per heavy atom. The number of pyridine rings is 1. The summed E-state index contributed by atoms with van der Waals surface area (Å²) < 4.78 is 1.01. The van der Waals surface area contributed by atoms with Gasteiger partial charge in [-0.25, -0.2) is 0 Å². The fourth-order valence-electron chi connectivity index (χ4n) is 2.09. The van der Waals surface area contributed by atoms with Crippen LogP contribution in [0.15, 0.2) is 22.8 Å². The van der Waals surface area contributed by atoms with E-state index in [1.807, 2.05) is 18.3 Å². The quantitative estimate of drug-likeness (QED) is 0.903. The number of hydrogen-bond acceptors (Lipinski definition) is 3. The van der Waals surface area contributed by atoms with E-state index in [1.54, 1.807) is 0 Å². The minimum atomic E-state index is -0.130. The van der Waals surface area contributed by atoms with E-state index >= 15 is 0 Å².